The first-order valence-corrected chi connectivity index (χ1v) is 6.53. The standard InChI is InChI=1S/C15H24O2/c1-4-12-6-8-13(9-7-12)11(3)10-15(17)14(16)5-2/h6-9,11,14-17H,4-5,10H2,1-3H3. The van der Waals surface area contributed by atoms with Gasteiger partial charge in [-0.25, -0.2) is 0 Å². The highest BCUT2D eigenvalue weighted by atomic mass is 16.3. The Kier molecular flexibility index (Phi) is 5.66. The van der Waals surface area contributed by atoms with Crippen molar-refractivity contribution in [3.05, 3.63) is 35.4 Å². The molecule has 0 aliphatic carbocycles. The zero-order valence-electron chi connectivity index (χ0n) is 11.1. The fraction of sp³-hybridized carbons (Fsp3) is 0.600. The van der Waals surface area contributed by atoms with E-state index in [1.165, 1.54) is 11.1 Å². The Morgan fingerprint density at radius 2 is 1.59 bits per heavy atom. The fourth-order valence-electron chi connectivity index (χ4n) is 2.01. The van der Waals surface area contributed by atoms with Crippen LogP contribution in [0, 0.1) is 0 Å². The third kappa shape index (κ3) is 4.14. The molecule has 0 aliphatic rings. The smallest absolute Gasteiger partial charge is 0.0804 e. The number of hydrogen-bond donors (Lipinski definition) is 2. The number of aliphatic hydroxyl groups excluding tert-OH is 2. The van der Waals surface area contributed by atoms with Crippen LogP contribution in [0.1, 0.15) is 50.7 Å². The molecule has 0 aliphatic heterocycles. The Balaban J connectivity index is 2.59. The van der Waals surface area contributed by atoms with E-state index in [2.05, 4.69) is 38.1 Å². The Morgan fingerprint density at radius 1 is 1.00 bits per heavy atom. The van der Waals surface area contributed by atoms with Crippen LogP contribution < -0.4 is 0 Å². The maximum Gasteiger partial charge on any atom is 0.0804 e. The molecular formula is C15H24O2. The maximum absolute atomic E-state index is 9.80. The molecule has 0 aromatic heterocycles. The summed E-state index contributed by atoms with van der Waals surface area (Å²) in [4.78, 5) is 0. The molecule has 1 aromatic carbocycles. The van der Waals surface area contributed by atoms with Gasteiger partial charge in [0, 0.05) is 0 Å². The second kappa shape index (κ2) is 6.77. The number of benzene rings is 1. The van der Waals surface area contributed by atoms with Crippen molar-refractivity contribution in [2.75, 3.05) is 0 Å². The van der Waals surface area contributed by atoms with Crippen molar-refractivity contribution in [1.29, 1.82) is 0 Å². The first-order chi connectivity index (χ1) is 8.08. The molecule has 2 heteroatoms. The molecule has 3 atom stereocenters. The van der Waals surface area contributed by atoms with Crippen LogP contribution in [0.25, 0.3) is 0 Å². The van der Waals surface area contributed by atoms with Crippen LogP contribution in [-0.4, -0.2) is 22.4 Å². The molecule has 1 rings (SSSR count). The van der Waals surface area contributed by atoms with Gasteiger partial charge in [0.1, 0.15) is 0 Å². The predicted molar refractivity (Wildman–Crippen MR) is 71.2 cm³/mol. The first-order valence-electron chi connectivity index (χ1n) is 6.53. The molecule has 0 spiro atoms. The Morgan fingerprint density at radius 3 is 2.06 bits per heavy atom. The van der Waals surface area contributed by atoms with E-state index in [4.69, 9.17) is 0 Å². The normalized spacial score (nSPS) is 16.5. The highest BCUT2D eigenvalue weighted by molar-refractivity contribution is 5.25. The van der Waals surface area contributed by atoms with Crippen molar-refractivity contribution in [3.63, 3.8) is 0 Å². The minimum Gasteiger partial charge on any atom is -0.390 e. The molecule has 0 bridgehead atoms. The van der Waals surface area contributed by atoms with Crippen LogP contribution in [0.2, 0.25) is 0 Å². The second-order valence-corrected chi connectivity index (χ2v) is 4.77. The summed E-state index contributed by atoms with van der Waals surface area (Å²) in [6.45, 7) is 6.11. The van der Waals surface area contributed by atoms with E-state index in [1.807, 2.05) is 6.92 Å². The van der Waals surface area contributed by atoms with Gasteiger partial charge in [-0.3, -0.25) is 0 Å². The van der Waals surface area contributed by atoms with Crippen LogP contribution in [0.4, 0.5) is 0 Å². The lowest BCUT2D eigenvalue weighted by atomic mass is 9.92. The summed E-state index contributed by atoms with van der Waals surface area (Å²) in [6, 6.07) is 8.51. The Hall–Kier alpha value is -0.860. The molecule has 0 heterocycles. The summed E-state index contributed by atoms with van der Waals surface area (Å²) >= 11 is 0. The number of aliphatic hydroxyl groups is 2. The summed E-state index contributed by atoms with van der Waals surface area (Å²) in [7, 11) is 0. The van der Waals surface area contributed by atoms with Gasteiger partial charge in [0.15, 0.2) is 0 Å². The third-order valence-corrected chi connectivity index (χ3v) is 3.41. The van der Waals surface area contributed by atoms with Crippen LogP contribution >= 0.6 is 0 Å². The highest BCUT2D eigenvalue weighted by Crippen LogP contribution is 2.22. The zero-order chi connectivity index (χ0) is 12.8. The predicted octanol–water partition coefficient (Wildman–Crippen LogP) is 2.87. The molecule has 0 saturated heterocycles. The molecule has 3 unspecified atom stereocenters. The summed E-state index contributed by atoms with van der Waals surface area (Å²) in [6.07, 6.45) is 1.03. The van der Waals surface area contributed by atoms with Crippen LogP contribution in [0.3, 0.4) is 0 Å². The van der Waals surface area contributed by atoms with Crippen LogP contribution in [0.5, 0.6) is 0 Å². The van der Waals surface area contributed by atoms with Crippen molar-refractivity contribution in [2.24, 2.45) is 0 Å². The van der Waals surface area contributed by atoms with Gasteiger partial charge >= 0.3 is 0 Å². The first kappa shape index (κ1) is 14.2. The minimum absolute atomic E-state index is 0.275. The van der Waals surface area contributed by atoms with Gasteiger partial charge < -0.3 is 10.2 Å². The van der Waals surface area contributed by atoms with E-state index in [-0.39, 0.29) is 5.92 Å². The fourth-order valence-corrected chi connectivity index (χ4v) is 2.01. The lowest BCUT2D eigenvalue weighted by Gasteiger charge is -2.20. The molecule has 0 radical (unpaired) electrons. The summed E-state index contributed by atoms with van der Waals surface area (Å²) in [5.41, 5.74) is 2.56. The number of rotatable bonds is 6. The van der Waals surface area contributed by atoms with E-state index < -0.39 is 12.2 Å². The van der Waals surface area contributed by atoms with Crippen molar-refractivity contribution in [2.45, 2.75) is 58.2 Å². The largest absolute Gasteiger partial charge is 0.390 e. The molecule has 1 aromatic rings. The van der Waals surface area contributed by atoms with Crippen molar-refractivity contribution in [1.82, 2.24) is 0 Å². The molecule has 17 heavy (non-hydrogen) atoms. The van der Waals surface area contributed by atoms with Gasteiger partial charge in [0.05, 0.1) is 12.2 Å². The van der Waals surface area contributed by atoms with Gasteiger partial charge in [-0.2, -0.15) is 0 Å². The van der Waals surface area contributed by atoms with Gasteiger partial charge in [-0.15, -0.1) is 0 Å². The average molecular weight is 236 g/mol. The van der Waals surface area contributed by atoms with Gasteiger partial charge in [-0.1, -0.05) is 45.0 Å². The van der Waals surface area contributed by atoms with Crippen LogP contribution in [-0.2, 0) is 6.42 Å². The van der Waals surface area contributed by atoms with Gasteiger partial charge in [0.25, 0.3) is 0 Å². The molecule has 2 nitrogen and oxygen atoms in total. The summed E-state index contributed by atoms with van der Waals surface area (Å²) < 4.78 is 0. The number of aryl methyl sites for hydroxylation is 1. The minimum atomic E-state index is -0.624. The van der Waals surface area contributed by atoms with Gasteiger partial charge in [0.2, 0.25) is 0 Å². The molecule has 2 N–H and O–H groups in total. The van der Waals surface area contributed by atoms with Crippen molar-refractivity contribution < 1.29 is 10.2 Å². The number of hydrogen-bond acceptors (Lipinski definition) is 2. The zero-order valence-corrected chi connectivity index (χ0v) is 11.1. The Bertz CT molecular complexity index is 318. The van der Waals surface area contributed by atoms with Crippen LogP contribution in [0.15, 0.2) is 24.3 Å². The Labute approximate surface area is 104 Å². The van der Waals surface area contributed by atoms with E-state index in [0.29, 0.717) is 12.8 Å². The van der Waals surface area contributed by atoms with E-state index in [1.54, 1.807) is 0 Å². The molecule has 0 amide bonds. The lowest BCUT2D eigenvalue weighted by Crippen LogP contribution is -2.26. The maximum atomic E-state index is 9.80. The van der Waals surface area contributed by atoms with E-state index >= 15 is 0 Å². The van der Waals surface area contributed by atoms with Crippen molar-refractivity contribution in [3.8, 4) is 0 Å². The average Bonchev–Trinajstić information content (AvgIpc) is 2.37. The molecule has 96 valence electrons. The summed E-state index contributed by atoms with van der Waals surface area (Å²) in [5.74, 6) is 0.275. The van der Waals surface area contributed by atoms with E-state index in [0.717, 1.165) is 6.42 Å². The quantitative estimate of drug-likeness (QED) is 0.797. The van der Waals surface area contributed by atoms with Crippen molar-refractivity contribution >= 4 is 0 Å². The van der Waals surface area contributed by atoms with E-state index in [9.17, 15) is 10.2 Å². The SMILES string of the molecule is CCc1ccc(C(C)CC(O)C(O)CC)cc1. The molecular weight excluding hydrogens is 212 g/mol. The summed E-state index contributed by atoms with van der Waals surface area (Å²) in [5, 5.41) is 19.4. The lowest BCUT2D eigenvalue weighted by molar-refractivity contribution is 0.00953. The monoisotopic (exact) mass is 236 g/mol. The highest BCUT2D eigenvalue weighted by Gasteiger charge is 2.18. The van der Waals surface area contributed by atoms with Gasteiger partial charge in [-0.05, 0) is 36.3 Å². The molecule has 0 saturated carbocycles. The molecule has 0 fully saturated rings. The topological polar surface area (TPSA) is 40.5 Å². The third-order valence-electron chi connectivity index (χ3n) is 3.41. The second-order valence-electron chi connectivity index (χ2n) is 4.77.